The predicted molar refractivity (Wildman–Crippen MR) is 159 cm³/mol. The Morgan fingerprint density at radius 2 is 1.83 bits per heavy atom. The first-order valence-electron chi connectivity index (χ1n) is 14.4. The summed E-state index contributed by atoms with van der Waals surface area (Å²) in [5, 5.41) is 6.33. The van der Waals surface area contributed by atoms with E-state index in [0.29, 0.717) is 16.1 Å². The third kappa shape index (κ3) is 6.62. The molecule has 9 nitrogen and oxygen atoms in total. The van der Waals surface area contributed by atoms with Crippen LogP contribution in [-0.4, -0.2) is 86.7 Å². The standard InChI is InChI=1S/C30H40ClN5O4S/c1-20-16-28(21(2)15-25(20)31)41(39,40)36-10-9-32-30(38)27(36)18-29(37)33-26-6-4-5-23-17-22(7-8-24(23)26)19-35-13-11-34(3)12-14-35/h7-8,15-17,26-27H,4-6,9-14,18-19H2,1-3H3,(H,32,38)(H,33,37)/t26-,27-/m1/s1. The maximum atomic E-state index is 13.7. The summed E-state index contributed by atoms with van der Waals surface area (Å²) in [5.74, 6) is -0.800. The zero-order valence-electron chi connectivity index (χ0n) is 24.1. The first kappa shape index (κ1) is 30.0. The predicted octanol–water partition coefficient (Wildman–Crippen LogP) is 2.78. The van der Waals surface area contributed by atoms with Crippen LogP contribution in [0.3, 0.4) is 0 Å². The van der Waals surface area contributed by atoms with Gasteiger partial charge in [-0.25, -0.2) is 8.42 Å². The summed E-state index contributed by atoms with van der Waals surface area (Å²) in [6, 6.07) is 8.41. The second-order valence-electron chi connectivity index (χ2n) is 11.6. The van der Waals surface area contributed by atoms with Crippen molar-refractivity contribution in [3.8, 4) is 0 Å². The van der Waals surface area contributed by atoms with Gasteiger partial charge in [-0.1, -0.05) is 29.8 Å². The lowest BCUT2D eigenvalue weighted by atomic mass is 9.86. The molecular formula is C30H40ClN5O4S. The highest BCUT2D eigenvalue weighted by molar-refractivity contribution is 7.89. The molecule has 2 atom stereocenters. The molecule has 222 valence electrons. The number of benzene rings is 2. The Morgan fingerprint density at radius 1 is 1.07 bits per heavy atom. The molecule has 2 fully saturated rings. The quantitative estimate of drug-likeness (QED) is 0.506. The number of amides is 2. The van der Waals surface area contributed by atoms with Gasteiger partial charge < -0.3 is 15.5 Å². The van der Waals surface area contributed by atoms with Gasteiger partial charge in [-0.3, -0.25) is 14.5 Å². The number of halogens is 1. The molecule has 0 bridgehead atoms. The number of piperazine rings is 2. The van der Waals surface area contributed by atoms with Crippen LogP contribution in [0.4, 0.5) is 0 Å². The van der Waals surface area contributed by atoms with Crippen LogP contribution in [0.15, 0.2) is 35.2 Å². The van der Waals surface area contributed by atoms with E-state index in [0.717, 1.165) is 57.5 Å². The zero-order valence-corrected chi connectivity index (χ0v) is 25.7. The Labute approximate surface area is 248 Å². The maximum absolute atomic E-state index is 13.7. The average Bonchev–Trinajstić information content (AvgIpc) is 2.93. The van der Waals surface area contributed by atoms with Crippen LogP contribution < -0.4 is 10.6 Å². The number of sulfonamides is 1. The number of carbonyl (C=O) groups is 2. The second kappa shape index (κ2) is 12.4. The van der Waals surface area contributed by atoms with Crippen LogP contribution in [-0.2, 0) is 32.6 Å². The topological polar surface area (TPSA) is 102 Å². The molecule has 2 saturated heterocycles. The molecule has 2 amide bonds. The SMILES string of the molecule is Cc1cc(S(=O)(=O)N2CCNC(=O)[C@H]2CC(=O)N[C@@H]2CCCc3cc(CN4CCN(C)CC4)ccc32)c(C)cc1Cl. The van der Waals surface area contributed by atoms with Gasteiger partial charge in [0.2, 0.25) is 21.8 Å². The first-order chi connectivity index (χ1) is 19.5. The van der Waals surface area contributed by atoms with Gasteiger partial charge in [0.1, 0.15) is 6.04 Å². The number of hydrogen-bond acceptors (Lipinski definition) is 6. The van der Waals surface area contributed by atoms with E-state index in [9.17, 15) is 18.0 Å². The van der Waals surface area contributed by atoms with Crippen LogP contribution in [0.5, 0.6) is 0 Å². The fourth-order valence-corrected chi connectivity index (χ4v) is 8.24. The minimum absolute atomic E-state index is 0.0927. The minimum Gasteiger partial charge on any atom is -0.353 e. The van der Waals surface area contributed by atoms with Crippen LogP contribution in [0.1, 0.15) is 53.1 Å². The molecule has 2 aromatic carbocycles. The molecule has 5 rings (SSSR count). The fraction of sp³-hybridized carbons (Fsp3) is 0.533. The molecule has 0 unspecified atom stereocenters. The number of carbonyl (C=O) groups excluding carboxylic acids is 2. The normalized spacial score (nSPS) is 22.7. The summed E-state index contributed by atoms with van der Waals surface area (Å²) in [7, 11) is -1.88. The summed E-state index contributed by atoms with van der Waals surface area (Å²) < 4.78 is 28.6. The van der Waals surface area contributed by atoms with Crippen molar-refractivity contribution in [3.63, 3.8) is 0 Å². The lowest BCUT2D eigenvalue weighted by Gasteiger charge is -2.35. The van der Waals surface area contributed by atoms with Crippen LogP contribution in [0.25, 0.3) is 0 Å². The monoisotopic (exact) mass is 601 g/mol. The summed E-state index contributed by atoms with van der Waals surface area (Å²) in [5.41, 5.74) is 4.78. The molecule has 2 aliphatic heterocycles. The Bertz CT molecular complexity index is 1420. The summed E-state index contributed by atoms with van der Waals surface area (Å²) in [6.07, 6.45) is 2.48. The lowest BCUT2D eigenvalue weighted by molar-refractivity contribution is -0.132. The van der Waals surface area contributed by atoms with Gasteiger partial charge in [0.25, 0.3) is 0 Å². The van der Waals surface area contributed by atoms with Crippen molar-refractivity contribution in [1.29, 1.82) is 0 Å². The molecule has 0 spiro atoms. The van der Waals surface area contributed by atoms with Crippen LogP contribution in [0, 0.1) is 13.8 Å². The molecule has 3 aliphatic rings. The largest absolute Gasteiger partial charge is 0.353 e. The Kier molecular flexibility index (Phi) is 9.06. The average molecular weight is 602 g/mol. The summed E-state index contributed by atoms with van der Waals surface area (Å²) in [4.78, 5) is 31.2. The van der Waals surface area contributed by atoms with E-state index in [-0.39, 0.29) is 36.4 Å². The molecule has 0 aromatic heterocycles. The highest BCUT2D eigenvalue weighted by Crippen LogP contribution is 2.32. The van der Waals surface area contributed by atoms with Crippen molar-refractivity contribution in [3.05, 3.63) is 63.2 Å². The van der Waals surface area contributed by atoms with E-state index in [2.05, 4.69) is 45.7 Å². The molecule has 2 N–H and O–H groups in total. The number of nitrogens with zero attached hydrogens (tertiary/aromatic N) is 3. The Morgan fingerprint density at radius 3 is 2.59 bits per heavy atom. The molecule has 2 heterocycles. The second-order valence-corrected chi connectivity index (χ2v) is 13.9. The number of nitrogens with one attached hydrogen (secondary N) is 2. The molecule has 1 aliphatic carbocycles. The van der Waals surface area contributed by atoms with E-state index in [1.165, 1.54) is 21.5 Å². The smallest absolute Gasteiger partial charge is 0.244 e. The Balaban J connectivity index is 1.29. The highest BCUT2D eigenvalue weighted by Gasteiger charge is 2.40. The van der Waals surface area contributed by atoms with Crippen molar-refractivity contribution < 1.29 is 18.0 Å². The van der Waals surface area contributed by atoms with E-state index >= 15 is 0 Å². The molecule has 41 heavy (non-hydrogen) atoms. The lowest BCUT2D eigenvalue weighted by Crippen LogP contribution is -2.58. The number of aryl methyl sites for hydroxylation is 3. The van der Waals surface area contributed by atoms with Gasteiger partial charge in [0.15, 0.2) is 0 Å². The molecule has 11 heteroatoms. The van der Waals surface area contributed by atoms with Gasteiger partial charge in [0.05, 0.1) is 17.4 Å². The highest BCUT2D eigenvalue weighted by atomic mass is 35.5. The number of likely N-dealkylation sites (N-methyl/N-ethyl adjacent to an activating group) is 1. The molecule has 2 aromatic rings. The van der Waals surface area contributed by atoms with Crippen LogP contribution >= 0.6 is 11.6 Å². The first-order valence-corrected chi connectivity index (χ1v) is 16.2. The molecule has 0 radical (unpaired) electrons. The maximum Gasteiger partial charge on any atom is 0.244 e. The third-order valence-corrected chi connectivity index (χ3v) is 11.0. The Hall–Kier alpha value is -2.50. The van der Waals surface area contributed by atoms with Crippen LogP contribution in [0.2, 0.25) is 5.02 Å². The number of rotatable bonds is 7. The van der Waals surface area contributed by atoms with Gasteiger partial charge >= 0.3 is 0 Å². The van der Waals surface area contributed by atoms with Gasteiger partial charge in [0, 0.05) is 50.8 Å². The van der Waals surface area contributed by atoms with Crippen molar-refractivity contribution in [2.75, 3.05) is 46.3 Å². The van der Waals surface area contributed by atoms with E-state index < -0.39 is 22.0 Å². The van der Waals surface area contributed by atoms with Crippen molar-refractivity contribution in [2.24, 2.45) is 0 Å². The zero-order chi connectivity index (χ0) is 29.3. The van der Waals surface area contributed by atoms with E-state index in [4.69, 9.17) is 11.6 Å². The van der Waals surface area contributed by atoms with Crippen molar-refractivity contribution >= 4 is 33.4 Å². The minimum atomic E-state index is -4.03. The van der Waals surface area contributed by atoms with Gasteiger partial charge in [-0.15, -0.1) is 0 Å². The fourth-order valence-electron chi connectivity index (χ4n) is 6.14. The molecular weight excluding hydrogens is 562 g/mol. The summed E-state index contributed by atoms with van der Waals surface area (Å²) >= 11 is 6.20. The van der Waals surface area contributed by atoms with E-state index in [1.807, 2.05) is 0 Å². The number of fused-ring (bicyclic) bond motifs is 1. The van der Waals surface area contributed by atoms with E-state index in [1.54, 1.807) is 19.9 Å². The summed E-state index contributed by atoms with van der Waals surface area (Å²) in [6.45, 7) is 8.91. The van der Waals surface area contributed by atoms with Gasteiger partial charge in [-0.2, -0.15) is 4.31 Å². The third-order valence-electron chi connectivity index (χ3n) is 8.56. The number of hydrogen-bond donors (Lipinski definition) is 2. The van der Waals surface area contributed by atoms with Gasteiger partial charge in [-0.05, 0) is 80.1 Å². The van der Waals surface area contributed by atoms with Crippen molar-refractivity contribution in [2.45, 2.75) is 63.1 Å². The molecule has 0 saturated carbocycles. The van der Waals surface area contributed by atoms with Crippen molar-refractivity contribution in [1.82, 2.24) is 24.7 Å².